The van der Waals surface area contributed by atoms with Gasteiger partial charge in [-0.3, -0.25) is 14.6 Å². The SMILES string of the molecule is CCOC(=O)/C=C/c1ccccc1C.CCOC(=O)C1CN(Cc2ccc(OC)cc2)C[C@H]1c1ccccc1C.COCN(Cc1ccc(OC)cc1)C[Si](C)(C)C. The molecular weight excluding hydrogens is 745 g/mol. The number of benzene rings is 4. The predicted molar refractivity (Wildman–Crippen MR) is 238 cm³/mol. The van der Waals surface area contributed by atoms with Crippen molar-refractivity contribution < 1.29 is 33.3 Å². The molecule has 0 spiro atoms. The first-order valence-corrected chi connectivity index (χ1v) is 23.8. The Morgan fingerprint density at radius 3 is 1.84 bits per heavy atom. The Kier molecular flexibility index (Phi) is 20.4. The van der Waals surface area contributed by atoms with E-state index in [1.807, 2.05) is 68.4 Å². The maximum absolute atomic E-state index is 12.6. The van der Waals surface area contributed by atoms with Gasteiger partial charge in [0.05, 0.1) is 48.2 Å². The molecule has 0 aliphatic carbocycles. The number of ether oxygens (including phenoxy) is 5. The second-order valence-corrected chi connectivity index (χ2v) is 21.1. The Balaban J connectivity index is 0.000000246. The van der Waals surface area contributed by atoms with Gasteiger partial charge in [-0.1, -0.05) is 92.4 Å². The van der Waals surface area contributed by atoms with Crippen LogP contribution in [0.3, 0.4) is 0 Å². The summed E-state index contributed by atoms with van der Waals surface area (Å²) in [5.74, 6) is 1.44. The smallest absolute Gasteiger partial charge is 0.330 e. The van der Waals surface area contributed by atoms with Gasteiger partial charge in [-0.25, -0.2) is 4.79 Å². The third-order valence-corrected chi connectivity index (χ3v) is 11.0. The van der Waals surface area contributed by atoms with Crippen LogP contribution in [0.5, 0.6) is 11.5 Å². The summed E-state index contributed by atoms with van der Waals surface area (Å²) in [6, 6.07) is 32.6. The molecule has 10 heteroatoms. The number of carbonyl (C=O) groups excluding carboxylic acids is 2. The molecule has 0 aromatic heterocycles. The Bertz CT molecular complexity index is 1840. The van der Waals surface area contributed by atoms with Crippen molar-refractivity contribution in [2.24, 2.45) is 5.92 Å². The molecule has 1 fully saturated rings. The standard InChI is InChI=1S/C22H27NO3.C14H25NO2Si.C12H14O2/c1-4-26-22(24)21-15-23(13-17-9-11-18(25-3)12-10-17)14-20(21)19-8-6-5-7-16(19)2;1-16-11-15(12-18(3,4)5)10-13-6-8-14(17-2)9-7-13;1-3-14-12(13)9-8-11-7-5-4-6-10(11)2/h5-12,20-21H,4,13-15H2,1-3H3;6-9H,10-12H2,1-5H3;4-9H,3H2,1-2H3/b;;9-8+/t20-,21?;;/m0../s1. The van der Waals surface area contributed by atoms with Gasteiger partial charge in [0.25, 0.3) is 0 Å². The van der Waals surface area contributed by atoms with Crippen LogP contribution in [0.25, 0.3) is 6.08 Å². The van der Waals surface area contributed by atoms with Crippen molar-refractivity contribution in [1.82, 2.24) is 9.80 Å². The van der Waals surface area contributed by atoms with Crippen LogP contribution in [0.1, 0.15) is 53.1 Å². The minimum Gasteiger partial charge on any atom is -0.497 e. The fourth-order valence-corrected chi connectivity index (χ4v) is 8.47. The third-order valence-electron chi connectivity index (χ3n) is 9.59. The lowest BCUT2D eigenvalue weighted by Gasteiger charge is -2.28. The van der Waals surface area contributed by atoms with E-state index in [9.17, 15) is 9.59 Å². The molecule has 1 aliphatic rings. The Labute approximate surface area is 348 Å². The van der Waals surface area contributed by atoms with Crippen LogP contribution in [0, 0.1) is 19.8 Å². The minimum atomic E-state index is -1.11. The van der Waals surface area contributed by atoms with E-state index in [1.165, 1.54) is 28.3 Å². The second-order valence-electron chi connectivity index (χ2n) is 15.6. The van der Waals surface area contributed by atoms with Crippen LogP contribution >= 0.6 is 0 Å². The van der Waals surface area contributed by atoms with Gasteiger partial charge in [-0.05, 0) is 97.6 Å². The van der Waals surface area contributed by atoms with E-state index in [0.717, 1.165) is 55.0 Å². The van der Waals surface area contributed by atoms with Crippen LogP contribution in [0.15, 0.2) is 103 Å². The molecule has 9 nitrogen and oxygen atoms in total. The number of hydrogen-bond acceptors (Lipinski definition) is 9. The average molecular weight is 811 g/mol. The fourth-order valence-electron chi connectivity index (χ4n) is 6.92. The molecule has 314 valence electrons. The molecule has 4 aromatic carbocycles. The van der Waals surface area contributed by atoms with E-state index in [-0.39, 0.29) is 23.8 Å². The van der Waals surface area contributed by atoms with E-state index in [2.05, 4.69) is 78.8 Å². The lowest BCUT2D eigenvalue weighted by molar-refractivity contribution is -0.148. The molecule has 0 radical (unpaired) electrons. The van der Waals surface area contributed by atoms with Gasteiger partial charge in [-0.15, -0.1) is 0 Å². The predicted octanol–water partition coefficient (Wildman–Crippen LogP) is 9.33. The van der Waals surface area contributed by atoms with E-state index in [0.29, 0.717) is 19.9 Å². The fraction of sp³-hybridized carbons (Fsp3) is 0.417. The van der Waals surface area contributed by atoms with Crippen molar-refractivity contribution >= 4 is 26.1 Å². The minimum absolute atomic E-state index is 0.0852. The Hall–Kier alpha value is -4.74. The van der Waals surface area contributed by atoms with Crippen LogP contribution in [0.2, 0.25) is 19.6 Å². The van der Waals surface area contributed by atoms with Crippen LogP contribution in [0.4, 0.5) is 0 Å². The molecule has 1 saturated heterocycles. The number of aryl methyl sites for hydroxylation is 2. The van der Waals surface area contributed by atoms with Crippen LogP contribution in [-0.4, -0.2) is 90.3 Å². The zero-order valence-electron chi connectivity index (χ0n) is 36.5. The number of methoxy groups -OCH3 is 3. The van der Waals surface area contributed by atoms with Gasteiger partial charge in [0, 0.05) is 45.3 Å². The summed E-state index contributed by atoms with van der Waals surface area (Å²) < 4.78 is 25.8. The number of carbonyl (C=O) groups is 2. The van der Waals surface area contributed by atoms with Gasteiger partial charge in [-0.2, -0.15) is 0 Å². The number of esters is 2. The zero-order valence-corrected chi connectivity index (χ0v) is 37.5. The molecule has 4 aromatic rings. The molecule has 1 unspecified atom stereocenters. The summed E-state index contributed by atoms with van der Waals surface area (Å²) in [6.07, 6.45) is 4.37. The van der Waals surface area contributed by atoms with Crippen molar-refractivity contribution in [3.8, 4) is 11.5 Å². The van der Waals surface area contributed by atoms with Gasteiger partial charge < -0.3 is 23.7 Å². The summed E-state index contributed by atoms with van der Waals surface area (Å²) in [5.41, 5.74) is 7.19. The molecule has 0 N–H and O–H groups in total. The largest absolute Gasteiger partial charge is 0.497 e. The summed E-state index contributed by atoms with van der Waals surface area (Å²) in [6.45, 7) is 19.8. The maximum atomic E-state index is 12.6. The summed E-state index contributed by atoms with van der Waals surface area (Å²) in [5, 5.41) is 0. The van der Waals surface area contributed by atoms with Gasteiger partial charge in [0.2, 0.25) is 0 Å². The van der Waals surface area contributed by atoms with Crippen molar-refractivity contribution in [3.05, 3.63) is 137 Å². The molecule has 1 heterocycles. The van der Waals surface area contributed by atoms with E-state index in [1.54, 1.807) is 34.3 Å². The molecule has 0 amide bonds. The molecule has 5 rings (SSSR count). The Morgan fingerprint density at radius 1 is 0.741 bits per heavy atom. The zero-order chi connectivity index (χ0) is 42.5. The highest BCUT2D eigenvalue weighted by molar-refractivity contribution is 6.76. The first kappa shape index (κ1) is 47.6. The Morgan fingerprint density at radius 2 is 1.31 bits per heavy atom. The van der Waals surface area contributed by atoms with Crippen LogP contribution in [-0.2, 0) is 36.9 Å². The lowest BCUT2D eigenvalue weighted by atomic mass is 9.86. The molecular formula is C48H66N2O7Si. The first-order chi connectivity index (χ1) is 27.8. The van der Waals surface area contributed by atoms with E-state index < -0.39 is 8.07 Å². The first-order valence-electron chi connectivity index (χ1n) is 20.1. The second kappa shape index (κ2) is 24.9. The highest BCUT2D eigenvalue weighted by atomic mass is 28.3. The normalized spacial score (nSPS) is 15.2. The van der Waals surface area contributed by atoms with Crippen LogP contribution < -0.4 is 9.47 Å². The number of hydrogen-bond donors (Lipinski definition) is 0. The molecule has 58 heavy (non-hydrogen) atoms. The lowest BCUT2D eigenvalue weighted by Crippen LogP contribution is -2.40. The average Bonchev–Trinajstić information content (AvgIpc) is 3.62. The summed E-state index contributed by atoms with van der Waals surface area (Å²) >= 11 is 0. The molecule has 2 atom stereocenters. The molecule has 0 saturated carbocycles. The molecule has 1 aliphatic heterocycles. The quantitative estimate of drug-likeness (QED) is 0.0476. The number of likely N-dealkylation sites (tertiary alicyclic amines) is 1. The van der Waals surface area contributed by atoms with Crippen molar-refractivity contribution in [3.63, 3.8) is 0 Å². The highest BCUT2D eigenvalue weighted by Gasteiger charge is 2.39. The van der Waals surface area contributed by atoms with Crippen molar-refractivity contribution in [2.75, 3.05) is 60.5 Å². The number of nitrogens with zero attached hydrogens (tertiary/aromatic N) is 2. The summed E-state index contributed by atoms with van der Waals surface area (Å²) in [4.78, 5) is 28.3. The van der Waals surface area contributed by atoms with Crippen molar-refractivity contribution in [1.29, 1.82) is 0 Å². The molecule has 0 bridgehead atoms. The van der Waals surface area contributed by atoms with Crippen molar-refractivity contribution in [2.45, 2.75) is 66.3 Å². The van der Waals surface area contributed by atoms with Gasteiger partial charge in [0.1, 0.15) is 11.5 Å². The topological polar surface area (TPSA) is 86.8 Å². The van der Waals surface area contributed by atoms with E-state index in [4.69, 9.17) is 23.7 Å². The number of rotatable bonds is 16. The third kappa shape index (κ3) is 16.6. The van der Waals surface area contributed by atoms with Gasteiger partial charge >= 0.3 is 11.9 Å². The monoisotopic (exact) mass is 810 g/mol. The van der Waals surface area contributed by atoms with Gasteiger partial charge in [0.15, 0.2) is 0 Å². The van der Waals surface area contributed by atoms with E-state index >= 15 is 0 Å². The maximum Gasteiger partial charge on any atom is 0.330 e. The summed E-state index contributed by atoms with van der Waals surface area (Å²) in [7, 11) is 4.01. The highest BCUT2D eigenvalue weighted by Crippen LogP contribution is 2.36.